The molecule has 0 radical (unpaired) electrons. The summed E-state index contributed by atoms with van der Waals surface area (Å²) < 4.78 is 5.38. The summed E-state index contributed by atoms with van der Waals surface area (Å²) >= 11 is 0. The molecule has 23 heavy (non-hydrogen) atoms. The molecule has 4 heteroatoms. The van der Waals surface area contributed by atoms with Crippen molar-refractivity contribution in [3.05, 3.63) is 35.9 Å². The molecule has 1 saturated carbocycles. The van der Waals surface area contributed by atoms with Gasteiger partial charge in [-0.25, -0.2) is 4.79 Å². The zero-order valence-corrected chi connectivity index (χ0v) is 14.6. The average Bonchev–Trinajstić information content (AvgIpc) is 2.48. The number of benzene rings is 1. The number of ether oxygens (including phenoxy) is 1. The first-order chi connectivity index (χ1) is 10.9. The fraction of sp³-hybridized carbons (Fsp3) is 0.632. The molecule has 0 aliphatic heterocycles. The van der Waals surface area contributed by atoms with Crippen LogP contribution in [0.3, 0.4) is 0 Å². The maximum absolute atomic E-state index is 12.0. The van der Waals surface area contributed by atoms with Gasteiger partial charge in [-0.1, -0.05) is 43.2 Å². The number of carbonyl (C=O) groups excluding carboxylic acids is 1. The average molecular weight is 318 g/mol. The van der Waals surface area contributed by atoms with E-state index in [4.69, 9.17) is 4.74 Å². The van der Waals surface area contributed by atoms with Crippen LogP contribution in [0.25, 0.3) is 0 Å². The van der Waals surface area contributed by atoms with Crippen LogP contribution in [0, 0.1) is 0 Å². The standard InChI is InChI=1S/C19H30N2O2/c1-19(2,3)23-18(22)21-17-12-8-7-11-16(17)20-14-13-15-9-5-4-6-10-15/h4-6,9-10,16-17,20H,7-8,11-14H2,1-3H3,(H,21,22)/t16-,17-/m1/s1. The van der Waals surface area contributed by atoms with Gasteiger partial charge in [0.2, 0.25) is 0 Å². The smallest absolute Gasteiger partial charge is 0.407 e. The first-order valence-corrected chi connectivity index (χ1v) is 8.71. The predicted molar refractivity (Wildman–Crippen MR) is 93.6 cm³/mol. The number of alkyl carbamates (subject to hydrolysis) is 1. The Kier molecular flexibility index (Phi) is 6.46. The largest absolute Gasteiger partial charge is 0.444 e. The lowest BCUT2D eigenvalue weighted by atomic mass is 9.90. The lowest BCUT2D eigenvalue weighted by molar-refractivity contribution is 0.0479. The van der Waals surface area contributed by atoms with E-state index in [0.717, 1.165) is 32.2 Å². The second kappa shape index (κ2) is 8.34. The van der Waals surface area contributed by atoms with Crippen LogP contribution in [-0.2, 0) is 11.2 Å². The van der Waals surface area contributed by atoms with Crippen LogP contribution >= 0.6 is 0 Å². The molecule has 0 aromatic heterocycles. The van der Waals surface area contributed by atoms with E-state index in [1.165, 1.54) is 12.0 Å². The molecule has 0 saturated heterocycles. The topological polar surface area (TPSA) is 50.4 Å². The van der Waals surface area contributed by atoms with E-state index in [0.29, 0.717) is 6.04 Å². The molecule has 1 aromatic rings. The summed E-state index contributed by atoms with van der Waals surface area (Å²) in [5, 5.41) is 6.67. The van der Waals surface area contributed by atoms with Crippen molar-refractivity contribution in [3.63, 3.8) is 0 Å². The number of hydrogen-bond donors (Lipinski definition) is 2. The normalized spacial score (nSPS) is 21.7. The van der Waals surface area contributed by atoms with Crippen molar-refractivity contribution in [3.8, 4) is 0 Å². The molecule has 1 aliphatic carbocycles. The molecule has 0 bridgehead atoms. The Morgan fingerprint density at radius 3 is 2.43 bits per heavy atom. The van der Waals surface area contributed by atoms with Gasteiger partial charge >= 0.3 is 6.09 Å². The molecule has 4 nitrogen and oxygen atoms in total. The van der Waals surface area contributed by atoms with Gasteiger partial charge in [-0.3, -0.25) is 0 Å². The van der Waals surface area contributed by atoms with Crippen LogP contribution in [0.2, 0.25) is 0 Å². The molecule has 1 amide bonds. The molecule has 2 rings (SSSR count). The summed E-state index contributed by atoms with van der Waals surface area (Å²) in [6.07, 6.45) is 5.21. The van der Waals surface area contributed by atoms with Crippen LogP contribution in [0.4, 0.5) is 4.79 Å². The molecule has 1 aliphatic rings. The Hall–Kier alpha value is -1.55. The molecule has 1 aromatic carbocycles. The molecule has 0 spiro atoms. The third-order valence-corrected chi connectivity index (χ3v) is 4.13. The molecule has 128 valence electrons. The zero-order valence-electron chi connectivity index (χ0n) is 14.6. The van der Waals surface area contributed by atoms with Crippen molar-refractivity contribution in [2.45, 2.75) is 70.6 Å². The van der Waals surface area contributed by atoms with E-state index in [-0.39, 0.29) is 12.1 Å². The quantitative estimate of drug-likeness (QED) is 0.871. The van der Waals surface area contributed by atoms with Gasteiger partial charge in [0.25, 0.3) is 0 Å². The summed E-state index contributed by atoms with van der Waals surface area (Å²) in [4.78, 5) is 12.0. The van der Waals surface area contributed by atoms with Gasteiger partial charge < -0.3 is 15.4 Å². The van der Waals surface area contributed by atoms with Crippen molar-refractivity contribution in [2.24, 2.45) is 0 Å². The van der Waals surface area contributed by atoms with Crippen molar-refractivity contribution < 1.29 is 9.53 Å². The Bertz CT molecular complexity index is 482. The Morgan fingerprint density at radius 1 is 1.13 bits per heavy atom. The van der Waals surface area contributed by atoms with E-state index in [2.05, 4.69) is 34.9 Å². The van der Waals surface area contributed by atoms with Crippen LogP contribution in [0.15, 0.2) is 30.3 Å². The van der Waals surface area contributed by atoms with Gasteiger partial charge in [0.1, 0.15) is 5.60 Å². The molecule has 2 atom stereocenters. The van der Waals surface area contributed by atoms with Crippen LogP contribution in [-0.4, -0.2) is 30.3 Å². The van der Waals surface area contributed by atoms with Crippen LogP contribution in [0.1, 0.15) is 52.0 Å². The van der Waals surface area contributed by atoms with E-state index < -0.39 is 5.60 Å². The molecule has 1 fully saturated rings. The van der Waals surface area contributed by atoms with Crippen LogP contribution in [0.5, 0.6) is 0 Å². The third-order valence-electron chi connectivity index (χ3n) is 4.13. The SMILES string of the molecule is CC(C)(C)OC(=O)N[C@@H]1CCCC[C@H]1NCCc1ccccc1. The van der Waals surface area contributed by atoms with Crippen molar-refractivity contribution in [1.82, 2.24) is 10.6 Å². The van der Waals surface area contributed by atoms with Gasteiger partial charge in [-0.15, -0.1) is 0 Å². The highest BCUT2D eigenvalue weighted by molar-refractivity contribution is 5.68. The van der Waals surface area contributed by atoms with Crippen molar-refractivity contribution in [2.75, 3.05) is 6.54 Å². The fourth-order valence-electron chi connectivity index (χ4n) is 3.05. The highest BCUT2D eigenvalue weighted by atomic mass is 16.6. The van der Waals surface area contributed by atoms with E-state index >= 15 is 0 Å². The molecule has 0 heterocycles. The van der Waals surface area contributed by atoms with Gasteiger partial charge in [-0.2, -0.15) is 0 Å². The number of rotatable bonds is 5. The first-order valence-electron chi connectivity index (χ1n) is 8.71. The van der Waals surface area contributed by atoms with Gasteiger partial charge in [0, 0.05) is 12.1 Å². The minimum Gasteiger partial charge on any atom is -0.444 e. The lowest BCUT2D eigenvalue weighted by Gasteiger charge is -2.33. The minimum absolute atomic E-state index is 0.161. The summed E-state index contributed by atoms with van der Waals surface area (Å²) in [5.41, 5.74) is 0.891. The lowest BCUT2D eigenvalue weighted by Crippen LogP contribution is -2.52. The molecular formula is C19H30N2O2. The highest BCUT2D eigenvalue weighted by Crippen LogP contribution is 2.19. The van der Waals surface area contributed by atoms with Crippen molar-refractivity contribution >= 4 is 6.09 Å². The Balaban J connectivity index is 1.80. The Morgan fingerprint density at radius 2 is 1.78 bits per heavy atom. The maximum Gasteiger partial charge on any atom is 0.407 e. The summed E-state index contributed by atoms with van der Waals surface area (Å²) in [6.45, 7) is 6.61. The molecular weight excluding hydrogens is 288 g/mol. The number of carbonyl (C=O) groups is 1. The predicted octanol–water partition coefficient (Wildman–Crippen LogP) is 3.65. The monoisotopic (exact) mass is 318 g/mol. The van der Waals surface area contributed by atoms with Crippen LogP contribution < -0.4 is 10.6 Å². The fourth-order valence-corrected chi connectivity index (χ4v) is 3.05. The number of amides is 1. The van der Waals surface area contributed by atoms with E-state index in [9.17, 15) is 4.79 Å². The summed E-state index contributed by atoms with van der Waals surface area (Å²) in [6, 6.07) is 11.0. The second-order valence-electron chi connectivity index (χ2n) is 7.33. The molecule has 2 N–H and O–H groups in total. The van der Waals surface area contributed by atoms with Crippen molar-refractivity contribution in [1.29, 1.82) is 0 Å². The van der Waals surface area contributed by atoms with Gasteiger partial charge in [0.05, 0.1) is 0 Å². The third kappa shape index (κ3) is 6.61. The summed E-state index contributed by atoms with van der Waals surface area (Å²) in [7, 11) is 0. The number of hydrogen-bond acceptors (Lipinski definition) is 3. The highest BCUT2D eigenvalue weighted by Gasteiger charge is 2.27. The maximum atomic E-state index is 12.0. The zero-order chi connectivity index (χ0) is 16.7. The first kappa shape index (κ1) is 17.8. The second-order valence-corrected chi connectivity index (χ2v) is 7.33. The van der Waals surface area contributed by atoms with Gasteiger partial charge in [-0.05, 0) is 52.1 Å². The Labute approximate surface area is 140 Å². The van der Waals surface area contributed by atoms with Gasteiger partial charge in [0.15, 0.2) is 0 Å². The minimum atomic E-state index is -0.449. The molecule has 0 unspecified atom stereocenters. The van der Waals surface area contributed by atoms with E-state index in [1.54, 1.807) is 0 Å². The summed E-state index contributed by atoms with van der Waals surface area (Å²) in [5.74, 6) is 0. The van der Waals surface area contributed by atoms with E-state index in [1.807, 2.05) is 26.8 Å². The number of nitrogens with one attached hydrogen (secondary N) is 2.